The predicted octanol–water partition coefficient (Wildman–Crippen LogP) is 2.96. The summed E-state index contributed by atoms with van der Waals surface area (Å²) in [5.74, 6) is -1.09. The van der Waals surface area contributed by atoms with Crippen LogP contribution in [0.4, 0.5) is 5.69 Å². The van der Waals surface area contributed by atoms with Crippen molar-refractivity contribution in [1.82, 2.24) is 4.98 Å². The molecule has 0 bridgehead atoms. The first-order valence-corrected chi connectivity index (χ1v) is 6.68. The highest BCUT2D eigenvalue weighted by Gasteiger charge is 2.16. The lowest BCUT2D eigenvalue weighted by molar-refractivity contribution is 0.102. The predicted molar refractivity (Wildman–Crippen MR) is 77.3 cm³/mol. The molecule has 3 rings (SSSR count). The van der Waals surface area contributed by atoms with Crippen molar-refractivity contribution >= 4 is 33.1 Å². The van der Waals surface area contributed by atoms with Gasteiger partial charge >= 0.3 is 0 Å². The molecule has 0 unspecified atom stereocenters. The van der Waals surface area contributed by atoms with E-state index in [1.165, 1.54) is 29.5 Å². The maximum atomic E-state index is 12.1. The SMILES string of the molecule is O=C(Nc1ccc2ncsc2c1)c1c(O)cccc1O. The number of nitrogens with one attached hydrogen (secondary N) is 1. The number of carbonyl (C=O) groups excluding carboxylic acids is 1. The van der Waals surface area contributed by atoms with E-state index in [0.29, 0.717) is 5.69 Å². The van der Waals surface area contributed by atoms with Gasteiger partial charge < -0.3 is 15.5 Å². The van der Waals surface area contributed by atoms with E-state index in [9.17, 15) is 15.0 Å². The van der Waals surface area contributed by atoms with Crippen LogP contribution in [-0.2, 0) is 0 Å². The maximum Gasteiger partial charge on any atom is 0.263 e. The first-order valence-electron chi connectivity index (χ1n) is 5.81. The van der Waals surface area contributed by atoms with Gasteiger partial charge in [-0.3, -0.25) is 4.79 Å². The van der Waals surface area contributed by atoms with Crippen LogP contribution in [0, 0.1) is 0 Å². The molecule has 1 amide bonds. The minimum absolute atomic E-state index is 0.142. The van der Waals surface area contributed by atoms with E-state index in [1.807, 2.05) is 0 Å². The van der Waals surface area contributed by atoms with E-state index in [1.54, 1.807) is 23.7 Å². The fourth-order valence-electron chi connectivity index (χ4n) is 1.89. The first-order chi connectivity index (χ1) is 9.65. The molecule has 5 nitrogen and oxygen atoms in total. The van der Waals surface area contributed by atoms with Gasteiger partial charge in [0, 0.05) is 5.69 Å². The normalized spacial score (nSPS) is 10.6. The summed E-state index contributed by atoms with van der Waals surface area (Å²) in [6.07, 6.45) is 0. The number of benzene rings is 2. The van der Waals surface area contributed by atoms with E-state index in [2.05, 4.69) is 10.3 Å². The lowest BCUT2D eigenvalue weighted by atomic mass is 10.1. The molecule has 0 spiro atoms. The zero-order valence-electron chi connectivity index (χ0n) is 10.2. The number of amides is 1. The van der Waals surface area contributed by atoms with Crippen LogP contribution < -0.4 is 5.32 Å². The van der Waals surface area contributed by atoms with Crippen molar-refractivity contribution < 1.29 is 15.0 Å². The fourth-order valence-corrected chi connectivity index (χ4v) is 2.60. The third-order valence-corrected chi connectivity index (χ3v) is 3.63. The average Bonchev–Trinajstić information content (AvgIpc) is 2.85. The summed E-state index contributed by atoms with van der Waals surface area (Å²) in [7, 11) is 0. The molecule has 6 heteroatoms. The van der Waals surface area contributed by atoms with Crippen molar-refractivity contribution in [2.45, 2.75) is 0 Å². The molecule has 0 aliphatic carbocycles. The van der Waals surface area contributed by atoms with Gasteiger partial charge in [-0.1, -0.05) is 6.07 Å². The van der Waals surface area contributed by atoms with Crippen molar-refractivity contribution in [3.8, 4) is 11.5 Å². The molecule has 0 aliphatic heterocycles. The number of carbonyl (C=O) groups is 1. The third-order valence-electron chi connectivity index (χ3n) is 2.84. The molecule has 3 aromatic rings. The Labute approximate surface area is 118 Å². The van der Waals surface area contributed by atoms with Crippen molar-refractivity contribution in [2.75, 3.05) is 5.32 Å². The van der Waals surface area contributed by atoms with Gasteiger partial charge in [0.05, 0.1) is 15.7 Å². The van der Waals surface area contributed by atoms with E-state index in [0.717, 1.165) is 10.2 Å². The Morgan fingerprint density at radius 2 is 1.90 bits per heavy atom. The van der Waals surface area contributed by atoms with Crippen LogP contribution >= 0.6 is 11.3 Å². The second-order valence-corrected chi connectivity index (χ2v) is 5.05. The monoisotopic (exact) mass is 286 g/mol. The zero-order chi connectivity index (χ0) is 14.1. The third kappa shape index (κ3) is 2.17. The second kappa shape index (κ2) is 4.82. The molecular weight excluding hydrogens is 276 g/mol. The van der Waals surface area contributed by atoms with Crippen LogP contribution in [-0.4, -0.2) is 21.1 Å². The van der Waals surface area contributed by atoms with Gasteiger partial charge in [-0.15, -0.1) is 11.3 Å². The number of rotatable bonds is 2. The van der Waals surface area contributed by atoms with Gasteiger partial charge in [-0.05, 0) is 30.3 Å². The number of nitrogens with zero attached hydrogens (tertiary/aromatic N) is 1. The van der Waals surface area contributed by atoms with E-state index in [-0.39, 0.29) is 17.1 Å². The number of aromatic hydroxyl groups is 2. The number of anilines is 1. The summed E-state index contributed by atoms with van der Waals surface area (Å²) in [6.45, 7) is 0. The van der Waals surface area contributed by atoms with Gasteiger partial charge in [0.2, 0.25) is 0 Å². The highest BCUT2D eigenvalue weighted by Crippen LogP contribution is 2.28. The van der Waals surface area contributed by atoms with Crippen LogP contribution in [0.3, 0.4) is 0 Å². The van der Waals surface area contributed by atoms with E-state index < -0.39 is 5.91 Å². The Morgan fingerprint density at radius 3 is 2.65 bits per heavy atom. The fraction of sp³-hybridized carbons (Fsp3) is 0. The Bertz CT molecular complexity index is 778. The maximum absolute atomic E-state index is 12.1. The van der Waals surface area contributed by atoms with Gasteiger partial charge in [0.25, 0.3) is 5.91 Å². The molecule has 100 valence electrons. The van der Waals surface area contributed by atoms with Gasteiger partial charge in [0.1, 0.15) is 17.1 Å². The molecule has 0 saturated heterocycles. The summed E-state index contributed by atoms with van der Waals surface area (Å²) in [5.41, 5.74) is 3.02. The second-order valence-electron chi connectivity index (χ2n) is 4.16. The van der Waals surface area contributed by atoms with Crippen molar-refractivity contribution in [1.29, 1.82) is 0 Å². The molecule has 1 aromatic heterocycles. The molecular formula is C14H10N2O3S. The van der Waals surface area contributed by atoms with Crippen LogP contribution in [0.25, 0.3) is 10.2 Å². The number of fused-ring (bicyclic) bond motifs is 1. The van der Waals surface area contributed by atoms with Crippen LogP contribution in [0.2, 0.25) is 0 Å². The lowest BCUT2D eigenvalue weighted by Crippen LogP contribution is -2.12. The number of aromatic nitrogens is 1. The topological polar surface area (TPSA) is 82.5 Å². The van der Waals surface area contributed by atoms with Gasteiger partial charge in [-0.25, -0.2) is 4.98 Å². The van der Waals surface area contributed by atoms with E-state index >= 15 is 0 Å². The van der Waals surface area contributed by atoms with Crippen LogP contribution in [0.5, 0.6) is 11.5 Å². The number of hydrogen-bond donors (Lipinski definition) is 3. The molecule has 20 heavy (non-hydrogen) atoms. The first kappa shape index (κ1) is 12.4. The number of hydrogen-bond acceptors (Lipinski definition) is 5. The number of phenols is 2. The molecule has 0 radical (unpaired) electrons. The smallest absolute Gasteiger partial charge is 0.263 e. The summed E-state index contributed by atoms with van der Waals surface area (Å²) < 4.78 is 0.948. The van der Waals surface area contributed by atoms with Crippen LogP contribution in [0.15, 0.2) is 41.9 Å². The van der Waals surface area contributed by atoms with E-state index in [4.69, 9.17) is 0 Å². The lowest BCUT2D eigenvalue weighted by Gasteiger charge is -2.08. The largest absolute Gasteiger partial charge is 0.507 e. The molecule has 1 heterocycles. The Morgan fingerprint density at radius 1 is 1.15 bits per heavy atom. The minimum Gasteiger partial charge on any atom is -0.507 e. The van der Waals surface area contributed by atoms with Crippen molar-refractivity contribution in [3.63, 3.8) is 0 Å². The molecule has 3 N–H and O–H groups in total. The van der Waals surface area contributed by atoms with Crippen molar-refractivity contribution in [3.05, 3.63) is 47.5 Å². The molecule has 0 saturated carbocycles. The average molecular weight is 286 g/mol. The Balaban J connectivity index is 1.92. The van der Waals surface area contributed by atoms with Gasteiger partial charge in [0.15, 0.2) is 0 Å². The highest BCUT2D eigenvalue weighted by atomic mass is 32.1. The Kier molecular flexibility index (Phi) is 3.00. The van der Waals surface area contributed by atoms with Crippen LogP contribution in [0.1, 0.15) is 10.4 Å². The molecule has 0 aliphatic rings. The minimum atomic E-state index is -0.565. The highest BCUT2D eigenvalue weighted by molar-refractivity contribution is 7.16. The van der Waals surface area contributed by atoms with Crippen molar-refractivity contribution in [2.24, 2.45) is 0 Å². The summed E-state index contributed by atoms with van der Waals surface area (Å²) in [5, 5.41) is 21.9. The number of phenolic OH excluding ortho intramolecular Hbond substituents is 2. The molecule has 0 atom stereocenters. The summed E-state index contributed by atoms with van der Waals surface area (Å²) >= 11 is 1.47. The van der Waals surface area contributed by atoms with Gasteiger partial charge in [-0.2, -0.15) is 0 Å². The summed E-state index contributed by atoms with van der Waals surface area (Å²) in [6, 6.07) is 9.47. The molecule has 2 aromatic carbocycles. The summed E-state index contributed by atoms with van der Waals surface area (Å²) in [4.78, 5) is 16.2. The molecule has 0 fully saturated rings. The number of thiazole rings is 1. The quantitative estimate of drug-likeness (QED) is 0.676. The Hall–Kier alpha value is -2.60. The standard InChI is InChI=1S/C14H10N2O3S/c17-10-2-1-3-11(18)13(10)14(19)16-8-4-5-9-12(6-8)20-7-15-9/h1-7,17-18H,(H,16,19). The zero-order valence-corrected chi connectivity index (χ0v) is 11.0.